The van der Waals surface area contributed by atoms with Crippen molar-refractivity contribution in [3.8, 4) is 0 Å². The van der Waals surface area contributed by atoms with Crippen LogP contribution in [0.3, 0.4) is 0 Å². The molecule has 0 saturated carbocycles. The summed E-state index contributed by atoms with van der Waals surface area (Å²) in [6.45, 7) is 0. The fraction of sp³-hybridized carbons (Fsp3) is 0. The SMILES string of the molecule is O=C(O)c1ccc2c(=O)c2c1. The van der Waals surface area contributed by atoms with Crippen LogP contribution in [0.25, 0.3) is 10.8 Å². The Morgan fingerprint density at radius 2 is 2.00 bits per heavy atom. The van der Waals surface area contributed by atoms with E-state index in [0.29, 0.717) is 10.8 Å². The first-order valence-electron chi connectivity index (χ1n) is 3.12. The minimum atomic E-state index is -0.993. The Hall–Kier alpha value is -1.64. The quantitative estimate of drug-likeness (QED) is 0.649. The Morgan fingerprint density at radius 1 is 1.27 bits per heavy atom. The second kappa shape index (κ2) is 1.69. The second-order valence-corrected chi connectivity index (χ2v) is 2.39. The molecule has 2 aromatic rings. The molecule has 0 aromatic heterocycles. The highest BCUT2D eigenvalue weighted by atomic mass is 16.4. The topological polar surface area (TPSA) is 54.4 Å². The number of carboxylic acids is 1. The third-order valence-corrected chi connectivity index (χ3v) is 1.69. The molecule has 0 spiro atoms. The predicted octanol–water partition coefficient (Wildman–Crippen LogP) is 0.774. The van der Waals surface area contributed by atoms with E-state index >= 15 is 0 Å². The van der Waals surface area contributed by atoms with Gasteiger partial charge in [-0.2, -0.15) is 0 Å². The smallest absolute Gasteiger partial charge is 0.335 e. The van der Waals surface area contributed by atoms with Crippen LogP contribution in [-0.2, 0) is 0 Å². The van der Waals surface area contributed by atoms with Crippen molar-refractivity contribution in [2.45, 2.75) is 0 Å². The number of carboxylic acid groups (broad SMARTS) is 1. The maximum atomic E-state index is 10.7. The first-order chi connectivity index (χ1) is 5.20. The lowest BCUT2D eigenvalue weighted by molar-refractivity contribution is 0.0697. The maximum absolute atomic E-state index is 10.7. The molecule has 0 amide bonds. The van der Waals surface area contributed by atoms with Crippen LogP contribution in [0.2, 0.25) is 0 Å². The number of hydrogen-bond acceptors (Lipinski definition) is 2. The van der Waals surface area contributed by atoms with E-state index in [9.17, 15) is 9.59 Å². The highest BCUT2D eigenvalue weighted by Gasteiger charge is 2.13. The lowest BCUT2D eigenvalue weighted by Gasteiger charge is -1.86. The van der Waals surface area contributed by atoms with Crippen molar-refractivity contribution in [3.63, 3.8) is 0 Å². The van der Waals surface area contributed by atoms with Crippen LogP contribution in [0.1, 0.15) is 10.4 Å². The summed E-state index contributed by atoms with van der Waals surface area (Å²) in [5, 5.41) is 9.70. The van der Waals surface area contributed by atoms with Crippen molar-refractivity contribution < 1.29 is 9.90 Å². The van der Waals surface area contributed by atoms with E-state index in [1.165, 1.54) is 12.1 Å². The average Bonchev–Trinajstić information content (AvgIpc) is 2.62. The molecule has 0 aliphatic carbocycles. The van der Waals surface area contributed by atoms with Gasteiger partial charge in [0.05, 0.1) is 5.56 Å². The third-order valence-electron chi connectivity index (χ3n) is 1.69. The molecule has 0 bridgehead atoms. The van der Waals surface area contributed by atoms with Crippen LogP contribution in [-0.4, -0.2) is 11.1 Å². The molecule has 1 N–H and O–H groups in total. The molecule has 11 heavy (non-hydrogen) atoms. The monoisotopic (exact) mass is 148 g/mol. The van der Waals surface area contributed by atoms with Crippen molar-refractivity contribution in [2.24, 2.45) is 0 Å². The molecule has 0 heterocycles. The van der Waals surface area contributed by atoms with E-state index in [0.717, 1.165) is 0 Å². The largest absolute Gasteiger partial charge is 0.478 e. The summed E-state index contributed by atoms with van der Waals surface area (Å²) < 4.78 is 0. The summed E-state index contributed by atoms with van der Waals surface area (Å²) >= 11 is 0. The van der Waals surface area contributed by atoms with Gasteiger partial charge in [-0.15, -0.1) is 0 Å². The van der Waals surface area contributed by atoms with Gasteiger partial charge in [0.15, 0.2) is 5.43 Å². The molecule has 2 aromatic carbocycles. The summed E-state index contributed by atoms with van der Waals surface area (Å²) in [6, 6.07) is 4.38. The summed E-state index contributed by atoms with van der Waals surface area (Å²) in [4.78, 5) is 21.1. The summed E-state index contributed by atoms with van der Waals surface area (Å²) in [6.07, 6.45) is 0. The molecular formula is C8H4O3. The van der Waals surface area contributed by atoms with E-state index < -0.39 is 5.97 Å². The number of rotatable bonds is 1. The number of hydrogen-bond donors (Lipinski definition) is 1. The van der Waals surface area contributed by atoms with Crippen molar-refractivity contribution in [1.82, 2.24) is 0 Å². The molecule has 2 rings (SSSR count). The number of aromatic carboxylic acids is 1. The molecule has 0 aliphatic heterocycles. The number of benzene rings is 1. The summed E-state index contributed by atoms with van der Waals surface area (Å²) in [7, 11) is 0. The molecule has 3 nitrogen and oxygen atoms in total. The summed E-state index contributed by atoms with van der Waals surface area (Å²) in [5.41, 5.74) is 0.145. The Balaban J connectivity index is 2.65. The highest BCUT2D eigenvalue weighted by molar-refractivity contribution is 6.02. The molecule has 54 valence electrons. The van der Waals surface area contributed by atoms with Crippen molar-refractivity contribution >= 4 is 16.7 Å². The number of fused-ring (bicyclic) bond motifs is 1. The Bertz CT molecular complexity index is 446. The van der Waals surface area contributed by atoms with Gasteiger partial charge in [-0.3, -0.25) is 4.79 Å². The number of carbonyl (C=O) groups is 1. The zero-order chi connectivity index (χ0) is 8.01. The minimum Gasteiger partial charge on any atom is -0.478 e. The average molecular weight is 148 g/mol. The van der Waals surface area contributed by atoms with E-state index in [1.54, 1.807) is 6.07 Å². The van der Waals surface area contributed by atoms with Gasteiger partial charge in [-0.25, -0.2) is 4.79 Å². The van der Waals surface area contributed by atoms with E-state index in [2.05, 4.69) is 0 Å². The van der Waals surface area contributed by atoms with Gasteiger partial charge in [0, 0.05) is 10.8 Å². The molecule has 0 unspecified atom stereocenters. The third kappa shape index (κ3) is 0.741. The van der Waals surface area contributed by atoms with E-state index in [-0.39, 0.29) is 11.0 Å². The zero-order valence-corrected chi connectivity index (χ0v) is 5.50. The maximum Gasteiger partial charge on any atom is 0.335 e. The Morgan fingerprint density at radius 3 is 2.55 bits per heavy atom. The minimum absolute atomic E-state index is 0.0301. The van der Waals surface area contributed by atoms with Crippen LogP contribution in [0.4, 0.5) is 0 Å². The Labute approximate surface area is 61.6 Å². The van der Waals surface area contributed by atoms with Crippen molar-refractivity contribution in [3.05, 3.63) is 34.0 Å². The second-order valence-electron chi connectivity index (χ2n) is 2.39. The van der Waals surface area contributed by atoms with Gasteiger partial charge < -0.3 is 5.11 Å². The fourth-order valence-corrected chi connectivity index (χ4v) is 1.02. The van der Waals surface area contributed by atoms with Gasteiger partial charge in [-0.05, 0) is 18.2 Å². The summed E-state index contributed by atoms with van der Waals surface area (Å²) in [5.74, 6) is -0.993. The van der Waals surface area contributed by atoms with Crippen LogP contribution in [0.15, 0.2) is 23.0 Å². The lowest BCUT2D eigenvalue weighted by atomic mass is 10.2. The Kier molecular flexibility index (Phi) is 0.938. The zero-order valence-electron chi connectivity index (χ0n) is 5.50. The van der Waals surface area contributed by atoms with Crippen LogP contribution in [0, 0.1) is 0 Å². The lowest BCUT2D eigenvalue weighted by Crippen LogP contribution is -1.93. The molecule has 0 fully saturated rings. The highest BCUT2D eigenvalue weighted by Crippen LogP contribution is 2.15. The molecular weight excluding hydrogens is 144 g/mol. The van der Waals surface area contributed by atoms with E-state index in [1.807, 2.05) is 0 Å². The molecule has 0 atom stereocenters. The molecule has 0 radical (unpaired) electrons. The van der Waals surface area contributed by atoms with Gasteiger partial charge in [0.2, 0.25) is 0 Å². The predicted molar refractivity (Wildman–Crippen MR) is 39.5 cm³/mol. The van der Waals surface area contributed by atoms with Crippen LogP contribution < -0.4 is 5.43 Å². The van der Waals surface area contributed by atoms with Gasteiger partial charge in [-0.1, -0.05) is 0 Å². The standard InChI is InChI=1S/C8H4O3/c9-7-5-2-1-4(8(10)11)3-6(5)7/h1-3H,(H,10,11). The van der Waals surface area contributed by atoms with Crippen LogP contribution >= 0.6 is 0 Å². The molecule has 0 saturated heterocycles. The first kappa shape index (κ1) is 6.09. The van der Waals surface area contributed by atoms with Crippen LogP contribution in [0.5, 0.6) is 0 Å². The molecule has 3 heteroatoms. The van der Waals surface area contributed by atoms with Crippen molar-refractivity contribution in [2.75, 3.05) is 0 Å². The van der Waals surface area contributed by atoms with Gasteiger partial charge in [0.1, 0.15) is 0 Å². The molecule has 0 aliphatic rings. The van der Waals surface area contributed by atoms with Gasteiger partial charge >= 0.3 is 5.97 Å². The van der Waals surface area contributed by atoms with Crippen molar-refractivity contribution in [1.29, 1.82) is 0 Å². The normalized spacial score (nSPS) is 10.9. The fourth-order valence-electron chi connectivity index (χ4n) is 1.02. The van der Waals surface area contributed by atoms with E-state index in [4.69, 9.17) is 5.11 Å². The van der Waals surface area contributed by atoms with Gasteiger partial charge in [0.25, 0.3) is 0 Å². The first-order valence-corrected chi connectivity index (χ1v) is 3.12.